The maximum absolute atomic E-state index is 9.20. The molecule has 0 aliphatic heterocycles. The van der Waals surface area contributed by atoms with Crippen LogP contribution in [0.2, 0.25) is 0 Å². The Morgan fingerprint density at radius 2 is 1.06 bits per heavy atom. The zero-order chi connectivity index (χ0) is 22.9. The van der Waals surface area contributed by atoms with Crippen molar-refractivity contribution in [3.8, 4) is 22.3 Å². The van der Waals surface area contributed by atoms with Gasteiger partial charge in [0.1, 0.15) is 0 Å². The Morgan fingerprint density at radius 1 is 0.485 bits per heavy atom. The first-order valence-electron chi connectivity index (χ1n) is 12.8. The van der Waals surface area contributed by atoms with Crippen LogP contribution in [0.4, 0.5) is 0 Å². The summed E-state index contributed by atoms with van der Waals surface area (Å²) < 4.78 is 0. The van der Waals surface area contributed by atoms with E-state index < -0.39 is 0 Å². The van der Waals surface area contributed by atoms with Gasteiger partial charge >= 0.3 is 0 Å². The molecule has 4 rings (SSSR count). The average molecular weight is 443 g/mol. The maximum atomic E-state index is 9.20. The summed E-state index contributed by atoms with van der Waals surface area (Å²) in [7, 11) is 0. The van der Waals surface area contributed by atoms with Crippen molar-refractivity contribution in [2.75, 3.05) is 13.2 Å². The molecule has 33 heavy (non-hydrogen) atoms. The van der Waals surface area contributed by atoms with Gasteiger partial charge in [0.15, 0.2) is 0 Å². The van der Waals surface area contributed by atoms with Crippen molar-refractivity contribution in [1.82, 2.24) is 0 Å². The number of rotatable bonds is 13. The summed E-state index contributed by atoms with van der Waals surface area (Å²) in [6, 6.07) is 26.8. The second kappa shape index (κ2) is 11.6. The molecule has 0 spiro atoms. The molecule has 0 radical (unpaired) electrons. The quantitative estimate of drug-likeness (QED) is 0.269. The lowest BCUT2D eigenvalue weighted by molar-refractivity contribution is 0.279. The minimum atomic E-state index is 0.0507. The summed E-state index contributed by atoms with van der Waals surface area (Å²) in [5.74, 6) is 0. The third-order valence-corrected chi connectivity index (χ3v) is 7.40. The number of hydrogen-bond acceptors (Lipinski definition) is 2. The third-order valence-electron chi connectivity index (χ3n) is 7.40. The van der Waals surface area contributed by atoms with Crippen molar-refractivity contribution >= 4 is 0 Å². The van der Waals surface area contributed by atoms with E-state index >= 15 is 0 Å². The Hall–Kier alpha value is -2.42. The highest BCUT2D eigenvalue weighted by molar-refractivity contribution is 5.83. The number of benzene rings is 3. The van der Waals surface area contributed by atoms with Crippen LogP contribution in [0.15, 0.2) is 72.8 Å². The fourth-order valence-electron chi connectivity index (χ4n) is 5.71. The molecule has 0 fully saturated rings. The van der Waals surface area contributed by atoms with Gasteiger partial charge in [-0.1, -0.05) is 105 Å². The number of fused-ring (bicyclic) bond motifs is 3. The minimum absolute atomic E-state index is 0.0507. The molecule has 0 amide bonds. The van der Waals surface area contributed by atoms with Crippen LogP contribution in [0, 0.1) is 0 Å². The van der Waals surface area contributed by atoms with Gasteiger partial charge in [-0.3, -0.25) is 0 Å². The van der Waals surface area contributed by atoms with E-state index in [1.807, 2.05) is 0 Å². The van der Waals surface area contributed by atoms with Crippen molar-refractivity contribution in [2.24, 2.45) is 0 Å². The molecule has 2 N–H and O–H groups in total. The first kappa shape index (κ1) is 23.7. The van der Waals surface area contributed by atoms with Crippen LogP contribution in [-0.2, 0) is 5.41 Å². The molecule has 0 bridgehead atoms. The summed E-state index contributed by atoms with van der Waals surface area (Å²) in [6.45, 7) is 0.588. The monoisotopic (exact) mass is 442 g/mol. The van der Waals surface area contributed by atoms with E-state index in [0.29, 0.717) is 13.2 Å². The molecular formula is C31H38O2. The number of aliphatic hydroxyl groups excluding tert-OH is 2. The lowest BCUT2D eigenvalue weighted by Gasteiger charge is -2.33. The van der Waals surface area contributed by atoms with Crippen molar-refractivity contribution < 1.29 is 10.2 Å². The molecule has 174 valence electrons. The molecule has 2 heteroatoms. The van der Waals surface area contributed by atoms with Gasteiger partial charge in [0.05, 0.1) is 0 Å². The standard InChI is InChI=1S/C31H38O2/c32-22-12-3-1-10-20-31(21-11-2-4-13-23-33)29-17-9-8-16-27(29)28-19-18-26(24-30(28)31)25-14-6-5-7-15-25/h5-9,14-19,24,32-33H,1-4,10-13,20-23H2. The first-order chi connectivity index (χ1) is 16.3. The zero-order valence-electron chi connectivity index (χ0n) is 19.8. The number of unbranched alkanes of at least 4 members (excludes halogenated alkanes) is 6. The van der Waals surface area contributed by atoms with Gasteiger partial charge in [0.2, 0.25) is 0 Å². The second-order valence-corrected chi connectivity index (χ2v) is 9.53. The topological polar surface area (TPSA) is 40.5 Å². The SMILES string of the molecule is OCCCCCCC1(CCCCCCO)c2ccccc2-c2ccc(-c3ccccc3)cc21. The zero-order valence-corrected chi connectivity index (χ0v) is 19.8. The van der Waals surface area contributed by atoms with Crippen molar-refractivity contribution in [2.45, 2.75) is 69.6 Å². The summed E-state index contributed by atoms with van der Waals surface area (Å²) in [5.41, 5.74) is 8.41. The predicted molar refractivity (Wildman–Crippen MR) is 138 cm³/mol. The van der Waals surface area contributed by atoms with E-state index in [1.165, 1.54) is 59.1 Å². The van der Waals surface area contributed by atoms with Gasteiger partial charge in [0.25, 0.3) is 0 Å². The third kappa shape index (κ3) is 5.23. The highest BCUT2D eigenvalue weighted by atomic mass is 16.3. The minimum Gasteiger partial charge on any atom is -0.396 e. The molecule has 2 nitrogen and oxygen atoms in total. The Bertz CT molecular complexity index is 994. The fourth-order valence-corrected chi connectivity index (χ4v) is 5.71. The van der Waals surface area contributed by atoms with Crippen molar-refractivity contribution in [3.05, 3.63) is 83.9 Å². The average Bonchev–Trinajstić information content (AvgIpc) is 3.14. The van der Waals surface area contributed by atoms with Crippen molar-refractivity contribution in [3.63, 3.8) is 0 Å². The largest absolute Gasteiger partial charge is 0.396 e. The summed E-state index contributed by atoms with van der Waals surface area (Å²) in [5, 5.41) is 18.4. The first-order valence-corrected chi connectivity index (χ1v) is 12.8. The Labute approximate surface area is 199 Å². The van der Waals surface area contributed by atoms with Crippen LogP contribution in [0.1, 0.15) is 75.3 Å². The van der Waals surface area contributed by atoms with E-state index in [4.69, 9.17) is 0 Å². The van der Waals surface area contributed by atoms with E-state index in [2.05, 4.69) is 72.8 Å². The normalized spacial score (nSPS) is 13.6. The van der Waals surface area contributed by atoms with Crippen LogP contribution in [0.25, 0.3) is 22.3 Å². The highest BCUT2D eigenvalue weighted by Gasteiger charge is 2.42. The van der Waals surface area contributed by atoms with Gasteiger partial charge in [-0.2, -0.15) is 0 Å². The molecule has 0 saturated carbocycles. The predicted octanol–water partition coefficient (Wildman–Crippen LogP) is 7.51. The second-order valence-electron chi connectivity index (χ2n) is 9.53. The van der Waals surface area contributed by atoms with Gasteiger partial charge in [-0.15, -0.1) is 0 Å². The van der Waals surface area contributed by atoms with E-state index in [0.717, 1.165) is 38.5 Å². The van der Waals surface area contributed by atoms with Crippen LogP contribution < -0.4 is 0 Å². The summed E-state index contributed by atoms with van der Waals surface area (Å²) in [4.78, 5) is 0. The maximum Gasteiger partial charge on any atom is 0.0431 e. The van der Waals surface area contributed by atoms with E-state index in [9.17, 15) is 10.2 Å². The van der Waals surface area contributed by atoms with Crippen LogP contribution in [0.3, 0.4) is 0 Å². The molecule has 0 aromatic heterocycles. The molecule has 3 aromatic rings. The molecule has 0 unspecified atom stereocenters. The Balaban J connectivity index is 1.71. The molecule has 3 aromatic carbocycles. The lowest BCUT2D eigenvalue weighted by Crippen LogP contribution is -2.25. The number of aliphatic hydroxyl groups is 2. The number of hydrogen-bond donors (Lipinski definition) is 2. The Morgan fingerprint density at radius 3 is 1.73 bits per heavy atom. The van der Waals surface area contributed by atoms with Gasteiger partial charge < -0.3 is 10.2 Å². The van der Waals surface area contributed by atoms with Gasteiger partial charge in [0, 0.05) is 18.6 Å². The smallest absolute Gasteiger partial charge is 0.0431 e. The Kier molecular flexibility index (Phi) is 8.36. The van der Waals surface area contributed by atoms with E-state index in [1.54, 1.807) is 0 Å². The van der Waals surface area contributed by atoms with E-state index in [-0.39, 0.29) is 5.41 Å². The van der Waals surface area contributed by atoms with Gasteiger partial charge in [-0.25, -0.2) is 0 Å². The molecule has 0 heterocycles. The summed E-state index contributed by atoms with van der Waals surface area (Å²) >= 11 is 0. The van der Waals surface area contributed by atoms with Gasteiger partial charge in [-0.05, 0) is 65.1 Å². The van der Waals surface area contributed by atoms with Crippen LogP contribution >= 0.6 is 0 Å². The molecule has 1 aliphatic rings. The fraction of sp³-hybridized carbons (Fsp3) is 0.419. The summed E-state index contributed by atoms with van der Waals surface area (Å²) in [6.07, 6.45) is 11.0. The molecule has 0 atom stereocenters. The molecular weight excluding hydrogens is 404 g/mol. The molecule has 0 saturated heterocycles. The van der Waals surface area contributed by atoms with Crippen LogP contribution in [-0.4, -0.2) is 23.4 Å². The highest BCUT2D eigenvalue weighted by Crippen LogP contribution is 2.54. The van der Waals surface area contributed by atoms with Crippen LogP contribution in [0.5, 0.6) is 0 Å². The molecule has 1 aliphatic carbocycles. The lowest BCUT2D eigenvalue weighted by atomic mass is 9.70. The van der Waals surface area contributed by atoms with Crippen molar-refractivity contribution in [1.29, 1.82) is 0 Å².